The van der Waals surface area contributed by atoms with E-state index in [1.165, 1.54) is 20.3 Å². The lowest BCUT2D eigenvalue weighted by Crippen LogP contribution is -2.07. The molecule has 0 heterocycles. The largest absolute Gasteiger partial charge is 0.381 e. The van der Waals surface area contributed by atoms with Gasteiger partial charge in [0.1, 0.15) is 0 Å². The standard InChI is InChI=1S/C7H14O4S/c1-10-5-4-7(6-11-2)12(3,8)9/h4H,5-6H2,1-3H3. The fraction of sp³-hybridized carbons (Fsp3) is 0.714. The molecule has 0 aromatic carbocycles. The van der Waals surface area contributed by atoms with E-state index in [9.17, 15) is 8.42 Å². The molecular weight excluding hydrogens is 180 g/mol. The Balaban J connectivity index is 4.44. The van der Waals surface area contributed by atoms with Crippen molar-refractivity contribution in [3.63, 3.8) is 0 Å². The molecule has 0 saturated carbocycles. The summed E-state index contributed by atoms with van der Waals surface area (Å²) >= 11 is 0. The van der Waals surface area contributed by atoms with Crippen LogP contribution in [0.3, 0.4) is 0 Å². The molecule has 5 heteroatoms. The molecule has 12 heavy (non-hydrogen) atoms. The van der Waals surface area contributed by atoms with Crippen molar-refractivity contribution in [3.8, 4) is 0 Å². The first-order valence-electron chi connectivity index (χ1n) is 3.39. The Morgan fingerprint density at radius 1 is 1.33 bits per heavy atom. The summed E-state index contributed by atoms with van der Waals surface area (Å²) < 4.78 is 31.5. The topological polar surface area (TPSA) is 52.6 Å². The third-order valence-electron chi connectivity index (χ3n) is 1.24. The van der Waals surface area contributed by atoms with Crippen molar-refractivity contribution in [3.05, 3.63) is 11.0 Å². The maximum atomic E-state index is 11.0. The molecule has 0 aliphatic rings. The summed E-state index contributed by atoms with van der Waals surface area (Å²) in [6, 6.07) is 0. The van der Waals surface area contributed by atoms with Crippen LogP contribution < -0.4 is 0 Å². The molecule has 0 aromatic rings. The molecule has 72 valence electrons. The molecule has 0 saturated heterocycles. The van der Waals surface area contributed by atoms with Gasteiger partial charge in [-0.2, -0.15) is 0 Å². The van der Waals surface area contributed by atoms with E-state index in [4.69, 9.17) is 9.47 Å². The van der Waals surface area contributed by atoms with Gasteiger partial charge in [-0.3, -0.25) is 0 Å². The second kappa shape index (κ2) is 5.29. The first-order valence-corrected chi connectivity index (χ1v) is 5.28. The minimum Gasteiger partial charge on any atom is -0.381 e. The van der Waals surface area contributed by atoms with Crippen molar-refractivity contribution >= 4 is 9.84 Å². The van der Waals surface area contributed by atoms with Gasteiger partial charge in [-0.1, -0.05) is 0 Å². The van der Waals surface area contributed by atoms with Crippen LogP contribution in [-0.4, -0.2) is 42.1 Å². The van der Waals surface area contributed by atoms with E-state index in [-0.39, 0.29) is 18.1 Å². The molecule has 0 atom stereocenters. The second-order valence-electron chi connectivity index (χ2n) is 2.33. The maximum absolute atomic E-state index is 11.0. The molecule has 0 rings (SSSR count). The fourth-order valence-electron chi connectivity index (χ4n) is 0.636. The highest BCUT2D eigenvalue weighted by Gasteiger charge is 2.09. The summed E-state index contributed by atoms with van der Waals surface area (Å²) in [7, 11) is -0.190. The molecule has 0 aromatic heterocycles. The maximum Gasteiger partial charge on any atom is 0.173 e. The van der Waals surface area contributed by atoms with E-state index >= 15 is 0 Å². The van der Waals surface area contributed by atoms with Crippen LogP contribution in [0.4, 0.5) is 0 Å². The highest BCUT2D eigenvalue weighted by Crippen LogP contribution is 2.03. The van der Waals surface area contributed by atoms with Crippen molar-refractivity contribution in [2.75, 3.05) is 33.7 Å². The van der Waals surface area contributed by atoms with Crippen LogP contribution in [0.5, 0.6) is 0 Å². The van der Waals surface area contributed by atoms with Crippen LogP contribution >= 0.6 is 0 Å². The van der Waals surface area contributed by atoms with Crippen LogP contribution in [0.1, 0.15) is 0 Å². The van der Waals surface area contributed by atoms with Gasteiger partial charge < -0.3 is 9.47 Å². The number of hydrogen-bond donors (Lipinski definition) is 0. The lowest BCUT2D eigenvalue weighted by Gasteiger charge is -2.02. The third kappa shape index (κ3) is 4.48. The number of ether oxygens (including phenoxy) is 2. The molecule has 0 fully saturated rings. The quantitative estimate of drug-likeness (QED) is 0.627. The predicted octanol–water partition coefficient (Wildman–Crippen LogP) is 0.208. The second-order valence-corrected chi connectivity index (χ2v) is 4.40. The third-order valence-corrected chi connectivity index (χ3v) is 2.48. The van der Waals surface area contributed by atoms with Crippen LogP contribution in [-0.2, 0) is 19.3 Å². The van der Waals surface area contributed by atoms with Crippen molar-refractivity contribution in [2.45, 2.75) is 0 Å². The van der Waals surface area contributed by atoms with Gasteiger partial charge in [0, 0.05) is 20.5 Å². The van der Waals surface area contributed by atoms with Crippen LogP contribution in [0.2, 0.25) is 0 Å². The Morgan fingerprint density at radius 3 is 2.25 bits per heavy atom. The number of rotatable bonds is 5. The van der Waals surface area contributed by atoms with E-state index in [2.05, 4.69) is 0 Å². The summed E-state index contributed by atoms with van der Waals surface area (Å²) in [6.07, 6.45) is 2.65. The minimum atomic E-state index is -3.14. The monoisotopic (exact) mass is 194 g/mol. The molecule has 0 unspecified atom stereocenters. The van der Waals surface area contributed by atoms with Gasteiger partial charge in [0.05, 0.1) is 18.1 Å². The summed E-state index contributed by atoms with van der Waals surface area (Å²) in [5.74, 6) is 0. The van der Waals surface area contributed by atoms with Crippen LogP contribution in [0.25, 0.3) is 0 Å². The molecule has 0 bridgehead atoms. The van der Waals surface area contributed by atoms with E-state index < -0.39 is 9.84 Å². The Hall–Kier alpha value is -0.390. The molecule has 4 nitrogen and oxygen atoms in total. The average molecular weight is 194 g/mol. The van der Waals surface area contributed by atoms with E-state index in [1.807, 2.05) is 0 Å². The van der Waals surface area contributed by atoms with Gasteiger partial charge in [-0.05, 0) is 6.08 Å². The number of methoxy groups -OCH3 is 2. The Bertz CT molecular complexity index is 240. The highest BCUT2D eigenvalue weighted by molar-refractivity contribution is 7.94. The van der Waals surface area contributed by atoms with E-state index in [0.29, 0.717) is 0 Å². The highest BCUT2D eigenvalue weighted by atomic mass is 32.2. The smallest absolute Gasteiger partial charge is 0.173 e. The summed E-state index contributed by atoms with van der Waals surface area (Å²) in [5, 5.41) is 0. The zero-order valence-electron chi connectivity index (χ0n) is 7.53. The Kier molecular flexibility index (Phi) is 5.12. The summed E-state index contributed by atoms with van der Waals surface area (Å²) in [5.41, 5.74) is 0. The SMILES string of the molecule is COCC=C(COC)S(C)(=O)=O. The van der Waals surface area contributed by atoms with E-state index in [0.717, 1.165) is 6.26 Å². The molecule has 0 radical (unpaired) electrons. The molecule has 0 aliphatic heterocycles. The van der Waals surface area contributed by atoms with Crippen molar-refractivity contribution in [1.82, 2.24) is 0 Å². The molecule has 0 amide bonds. The Labute approximate surface area is 73.1 Å². The van der Waals surface area contributed by atoms with Gasteiger partial charge in [0.2, 0.25) is 0 Å². The van der Waals surface area contributed by atoms with Gasteiger partial charge in [-0.25, -0.2) is 8.42 Å². The van der Waals surface area contributed by atoms with Crippen molar-refractivity contribution < 1.29 is 17.9 Å². The fourth-order valence-corrected chi connectivity index (χ4v) is 1.34. The lowest BCUT2D eigenvalue weighted by molar-refractivity contribution is 0.221. The molecule has 0 N–H and O–H groups in total. The zero-order chi connectivity index (χ0) is 9.61. The van der Waals surface area contributed by atoms with Crippen LogP contribution in [0, 0.1) is 0 Å². The first kappa shape index (κ1) is 11.6. The zero-order valence-corrected chi connectivity index (χ0v) is 8.35. The van der Waals surface area contributed by atoms with E-state index in [1.54, 1.807) is 0 Å². The molecular formula is C7H14O4S. The van der Waals surface area contributed by atoms with Gasteiger partial charge in [-0.15, -0.1) is 0 Å². The average Bonchev–Trinajstić information content (AvgIpc) is 1.95. The van der Waals surface area contributed by atoms with Gasteiger partial charge >= 0.3 is 0 Å². The summed E-state index contributed by atoms with van der Waals surface area (Å²) in [4.78, 5) is 0.256. The normalized spacial score (nSPS) is 13.4. The summed E-state index contributed by atoms with van der Waals surface area (Å²) in [6.45, 7) is 0.383. The predicted molar refractivity (Wildman–Crippen MR) is 46.7 cm³/mol. The van der Waals surface area contributed by atoms with Gasteiger partial charge in [0.25, 0.3) is 0 Å². The first-order chi connectivity index (χ1) is 5.52. The minimum absolute atomic E-state index is 0.0994. The van der Waals surface area contributed by atoms with Gasteiger partial charge in [0.15, 0.2) is 9.84 Å². The lowest BCUT2D eigenvalue weighted by atomic mass is 10.5. The Morgan fingerprint density at radius 2 is 1.92 bits per heavy atom. The number of sulfone groups is 1. The molecule has 0 aliphatic carbocycles. The molecule has 0 spiro atoms. The van der Waals surface area contributed by atoms with Crippen LogP contribution in [0.15, 0.2) is 11.0 Å². The number of hydrogen-bond acceptors (Lipinski definition) is 4. The van der Waals surface area contributed by atoms with Crippen molar-refractivity contribution in [2.24, 2.45) is 0 Å². The van der Waals surface area contributed by atoms with Crippen molar-refractivity contribution in [1.29, 1.82) is 0 Å².